The van der Waals surface area contributed by atoms with Gasteiger partial charge in [-0.25, -0.2) is 0 Å². The molecule has 1 aliphatic rings. The molecular weight excluding hydrogens is 292 g/mol. The zero-order chi connectivity index (χ0) is 16.4. The van der Waals surface area contributed by atoms with E-state index in [1.165, 1.54) is 6.20 Å². The molecule has 0 spiro atoms. The van der Waals surface area contributed by atoms with E-state index in [-0.39, 0.29) is 17.4 Å². The second kappa shape index (κ2) is 6.50. The van der Waals surface area contributed by atoms with Crippen LogP contribution in [0.25, 0.3) is 10.9 Å². The minimum atomic E-state index is -0.0872. The van der Waals surface area contributed by atoms with E-state index in [4.69, 9.17) is 0 Å². The van der Waals surface area contributed by atoms with Gasteiger partial charge in [-0.05, 0) is 26.1 Å². The largest absolute Gasteiger partial charge is 0.337 e. The Labute approximate surface area is 135 Å². The molecule has 6 nitrogen and oxygen atoms in total. The summed E-state index contributed by atoms with van der Waals surface area (Å²) in [4.78, 5) is 28.5. The number of rotatable bonds is 3. The summed E-state index contributed by atoms with van der Waals surface area (Å²) in [5, 5.41) is 4.82. The predicted octanol–water partition coefficient (Wildman–Crippen LogP) is 0.949. The van der Waals surface area contributed by atoms with Gasteiger partial charge in [0.2, 0.25) is 11.3 Å². The first-order chi connectivity index (χ1) is 11.1. The lowest BCUT2D eigenvalue weighted by molar-refractivity contribution is -0.135. The zero-order valence-corrected chi connectivity index (χ0v) is 13.6. The maximum Gasteiger partial charge on any atom is 0.224 e. The summed E-state index contributed by atoms with van der Waals surface area (Å²) in [7, 11) is 2.08. The van der Waals surface area contributed by atoms with Gasteiger partial charge >= 0.3 is 0 Å². The van der Waals surface area contributed by atoms with Crippen molar-refractivity contribution in [3.05, 3.63) is 40.7 Å². The van der Waals surface area contributed by atoms with Crippen LogP contribution in [0.3, 0.4) is 0 Å². The summed E-state index contributed by atoms with van der Waals surface area (Å²) < 4.78 is 1.75. The molecule has 1 aliphatic heterocycles. The topological polar surface area (TPSA) is 58.4 Å². The molecule has 23 heavy (non-hydrogen) atoms. The Bertz CT molecular complexity index is 771. The summed E-state index contributed by atoms with van der Waals surface area (Å²) >= 11 is 0. The Balaban J connectivity index is 1.73. The number of fused-ring (bicyclic) bond motifs is 1. The fourth-order valence-corrected chi connectivity index (χ4v) is 3.19. The van der Waals surface area contributed by atoms with Crippen molar-refractivity contribution in [1.29, 1.82) is 0 Å². The minimum absolute atomic E-state index is 0.0872. The van der Waals surface area contributed by atoms with Crippen LogP contribution >= 0.6 is 0 Å². The summed E-state index contributed by atoms with van der Waals surface area (Å²) in [5.74, 6) is 0.148. The molecule has 1 atom stereocenters. The number of piperazine rings is 1. The molecule has 0 saturated carbocycles. The van der Waals surface area contributed by atoms with Crippen LogP contribution in [0.15, 0.2) is 35.3 Å². The Morgan fingerprint density at radius 3 is 2.87 bits per heavy atom. The van der Waals surface area contributed by atoms with Gasteiger partial charge in [0.15, 0.2) is 0 Å². The molecule has 1 amide bonds. The summed E-state index contributed by atoms with van der Waals surface area (Å²) in [6.07, 6.45) is 1.72. The van der Waals surface area contributed by atoms with E-state index in [9.17, 15) is 9.59 Å². The van der Waals surface area contributed by atoms with Crippen molar-refractivity contribution in [2.75, 3.05) is 26.7 Å². The lowest BCUT2D eigenvalue weighted by atomic mass is 10.2. The van der Waals surface area contributed by atoms with Crippen molar-refractivity contribution in [3.8, 4) is 0 Å². The molecule has 0 N–H and O–H groups in total. The number of hydrogen-bond acceptors (Lipinski definition) is 4. The van der Waals surface area contributed by atoms with E-state index >= 15 is 0 Å². The highest BCUT2D eigenvalue weighted by atomic mass is 16.2. The highest BCUT2D eigenvalue weighted by Crippen LogP contribution is 2.12. The predicted molar refractivity (Wildman–Crippen MR) is 89.3 cm³/mol. The third-order valence-corrected chi connectivity index (χ3v) is 4.45. The number of amides is 1. The molecular formula is C17H22N4O2. The van der Waals surface area contributed by atoms with Crippen molar-refractivity contribution in [3.63, 3.8) is 0 Å². The first kappa shape index (κ1) is 15.7. The maximum absolute atomic E-state index is 12.5. The van der Waals surface area contributed by atoms with Gasteiger partial charge in [-0.15, -0.1) is 0 Å². The van der Waals surface area contributed by atoms with Gasteiger partial charge in [0.25, 0.3) is 0 Å². The highest BCUT2D eigenvalue weighted by Gasteiger charge is 2.25. The van der Waals surface area contributed by atoms with E-state index in [1.54, 1.807) is 10.7 Å². The maximum atomic E-state index is 12.5. The van der Waals surface area contributed by atoms with Gasteiger partial charge in [-0.1, -0.05) is 12.1 Å². The average Bonchev–Trinajstić information content (AvgIpc) is 2.54. The van der Waals surface area contributed by atoms with Gasteiger partial charge in [0.1, 0.15) is 0 Å². The number of para-hydroxylation sites is 1. The van der Waals surface area contributed by atoms with Crippen molar-refractivity contribution in [2.24, 2.45) is 0 Å². The summed E-state index contributed by atoms with van der Waals surface area (Å²) in [6.45, 7) is 5.16. The number of nitrogens with zero attached hydrogens (tertiary/aromatic N) is 4. The SMILES string of the molecule is CC1CN(C)CCN1C(=O)CCn1ncc(=O)c2ccccc21. The van der Waals surface area contributed by atoms with Crippen LogP contribution in [0, 0.1) is 0 Å². The number of benzene rings is 1. The molecule has 0 aliphatic carbocycles. The summed E-state index contributed by atoms with van der Waals surface area (Å²) in [5.41, 5.74) is 0.690. The highest BCUT2D eigenvalue weighted by molar-refractivity contribution is 5.79. The quantitative estimate of drug-likeness (QED) is 0.846. The number of carbonyl (C=O) groups excluding carboxylic acids is 1. The van der Waals surface area contributed by atoms with Crippen LogP contribution in [-0.2, 0) is 11.3 Å². The monoisotopic (exact) mass is 314 g/mol. The molecule has 1 aromatic carbocycles. The molecule has 0 bridgehead atoms. The third kappa shape index (κ3) is 3.27. The van der Waals surface area contributed by atoms with Crippen molar-refractivity contribution in [1.82, 2.24) is 19.6 Å². The molecule has 2 heterocycles. The molecule has 1 saturated heterocycles. The van der Waals surface area contributed by atoms with E-state index in [0.29, 0.717) is 18.4 Å². The minimum Gasteiger partial charge on any atom is -0.337 e. The van der Waals surface area contributed by atoms with Gasteiger partial charge in [-0.3, -0.25) is 14.3 Å². The molecule has 3 rings (SSSR count). The van der Waals surface area contributed by atoms with Crippen LogP contribution in [-0.4, -0.2) is 58.2 Å². The lowest BCUT2D eigenvalue weighted by Crippen LogP contribution is -2.52. The third-order valence-electron chi connectivity index (χ3n) is 4.45. The molecule has 1 unspecified atom stereocenters. The van der Waals surface area contributed by atoms with Gasteiger partial charge in [-0.2, -0.15) is 5.10 Å². The fourth-order valence-electron chi connectivity index (χ4n) is 3.19. The Hall–Kier alpha value is -2.21. The van der Waals surface area contributed by atoms with Crippen LogP contribution in [0.4, 0.5) is 0 Å². The van der Waals surface area contributed by atoms with E-state index < -0.39 is 0 Å². The molecule has 0 radical (unpaired) electrons. The van der Waals surface area contributed by atoms with Crippen molar-refractivity contribution >= 4 is 16.8 Å². The summed E-state index contributed by atoms with van der Waals surface area (Å²) in [6, 6.07) is 7.61. The molecule has 2 aromatic rings. The first-order valence-corrected chi connectivity index (χ1v) is 7.99. The number of likely N-dealkylation sites (N-methyl/N-ethyl adjacent to an activating group) is 1. The van der Waals surface area contributed by atoms with E-state index in [2.05, 4.69) is 24.0 Å². The van der Waals surface area contributed by atoms with Gasteiger partial charge in [0.05, 0.1) is 18.3 Å². The normalized spacial score (nSPS) is 19.2. The Kier molecular flexibility index (Phi) is 4.43. The van der Waals surface area contributed by atoms with Crippen LogP contribution in [0.1, 0.15) is 13.3 Å². The number of hydrogen-bond donors (Lipinski definition) is 0. The Morgan fingerprint density at radius 2 is 2.09 bits per heavy atom. The van der Waals surface area contributed by atoms with Crippen molar-refractivity contribution in [2.45, 2.75) is 25.9 Å². The van der Waals surface area contributed by atoms with E-state index in [1.807, 2.05) is 23.1 Å². The average molecular weight is 314 g/mol. The van der Waals surface area contributed by atoms with Crippen LogP contribution in [0.5, 0.6) is 0 Å². The number of aromatic nitrogens is 2. The molecule has 1 fully saturated rings. The van der Waals surface area contributed by atoms with Crippen molar-refractivity contribution < 1.29 is 4.79 Å². The van der Waals surface area contributed by atoms with E-state index in [0.717, 1.165) is 25.2 Å². The van der Waals surface area contributed by atoms with Gasteiger partial charge < -0.3 is 9.80 Å². The van der Waals surface area contributed by atoms with Crippen LogP contribution in [0.2, 0.25) is 0 Å². The second-order valence-corrected chi connectivity index (χ2v) is 6.20. The molecule has 6 heteroatoms. The number of carbonyl (C=O) groups is 1. The Morgan fingerprint density at radius 1 is 1.30 bits per heavy atom. The molecule has 122 valence electrons. The smallest absolute Gasteiger partial charge is 0.224 e. The number of aryl methyl sites for hydroxylation is 1. The lowest BCUT2D eigenvalue weighted by Gasteiger charge is -2.38. The molecule has 1 aromatic heterocycles. The first-order valence-electron chi connectivity index (χ1n) is 7.99. The zero-order valence-electron chi connectivity index (χ0n) is 13.6. The van der Waals surface area contributed by atoms with Crippen LogP contribution < -0.4 is 5.43 Å². The standard InChI is InChI=1S/C17H22N4O2/c1-13-12-19(2)9-10-20(13)17(23)7-8-21-15-6-4-3-5-14(15)16(22)11-18-21/h3-6,11,13H,7-10,12H2,1-2H3. The second-order valence-electron chi connectivity index (χ2n) is 6.20. The fraction of sp³-hybridized carbons (Fsp3) is 0.471. The van der Waals surface area contributed by atoms with Gasteiger partial charge in [0, 0.05) is 37.5 Å².